The van der Waals surface area contributed by atoms with Gasteiger partial charge in [-0.05, 0) is 58.1 Å². The lowest BCUT2D eigenvalue weighted by Crippen LogP contribution is -1.95. The Hall–Kier alpha value is -5.20. The minimum Gasteiger partial charge on any atom is -0.507 e. The smallest absolute Gasteiger partial charge is 0.201 e. The van der Waals surface area contributed by atoms with Crippen LogP contribution in [-0.4, -0.2) is 25.0 Å². The second kappa shape index (κ2) is 10.0. The van der Waals surface area contributed by atoms with Crippen LogP contribution in [0.5, 0.6) is 23.0 Å². The predicted octanol–water partition coefficient (Wildman–Crippen LogP) is 9.37. The molecule has 7 aromatic rings. The summed E-state index contributed by atoms with van der Waals surface area (Å²) < 4.78 is 3.27. The maximum atomic E-state index is 10.7. The van der Waals surface area contributed by atoms with E-state index in [1.54, 1.807) is 12.1 Å². The Kier molecular flexibility index (Phi) is 6.14. The molecule has 42 heavy (non-hydrogen) atoms. The van der Waals surface area contributed by atoms with Crippen molar-refractivity contribution in [1.29, 1.82) is 0 Å². The molecule has 0 radical (unpaired) electrons. The zero-order valence-corrected chi connectivity index (χ0v) is 23.7. The molecule has 0 atom stereocenters. The highest BCUT2D eigenvalue weighted by molar-refractivity contribution is 9.10. The summed E-state index contributed by atoms with van der Waals surface area (Å²) in [6, 6.07) is 39.5. The number of aromatic nitrogens is 1. The van der Waals surface area contributed by atoms with Gasteiger partial charge in [0.15, 0.2) is 11.5 Å². The van der Waals surface area contributed by atoms with Crippen LogP contribution in [-0.2, 0) is 0 Å². The number of benzene rings is 6. The fourth-order valence-corrected chi connectivity index (χ4v) is 6.29. The minimum absolute atomic E-state index is 0.0428. The van der Waals surface area contributed by atoms with Gasteiger partial charge in [-0.25, -0.2) is 0 Å². The SMILES string of the molecule is Oc1cc(O)c(-c2ccccc2-c2cccc(-n3c4ccccc4c4ccc(-c5ccccc5Br)cc43)c2)c(O)c1O. The van der Waals surface area contributed by atoms with Gasteiger partial charge in [0.25, 0.3) is 0 Å². The first-order valence-electron chi connectivity index (χ1n) is 13.4. The fourth-order valence-electron chi connectivity index (χ4n) is 5.77. The Labute approximate surface area is 249 Å². The number of hydrogen-bond acceptors (Lipinski definition) is 4. The number of phenols is 4. The second-order valence-corrected chi connectivity index (χ2v) is 11.0. The monoisotopic (exact) mass is 613 g/mol. The van der Waals surface area contributed by atoms with Crippen molar-refractivity contribution in [3.05, 3.63) is 126 Å². The van der Waals surface area contributed by atoms with Crippen LogP contribution < -0.4 is 0 Å². The van der Waals surface area contributed by atoms with E-state index in [0.717, 1.165) is 60.3 Å². The van der Waals surface area contributed by atoms with Crippen molar-refractivity contribution in [1.82, 2.24) is 4.57 Å². The van der Waals surface area contributed by atoms with Crippen molar-refractivity contribution in [2.45, 2.75) is 0 Å². The normalized spacial score (nSPS) is 11.4. The van der Waals surface area contributed by atoms with E-state index in [2.05, 4.69) is 69.0 Å². The van der Waals surface area contributed by atoms with Crippen LogP contribution in [0.3, 0.4) is 0 Å². The third-order valence-corrected chi connectivity index (χ3v) is 8.40. The van der Waals surface area contributed by atoms with E-state index in [1.165, 1.54) is 0 Å². The fraction of sp³-hybridized carbons (Fsp3) is 0. The standard InChI is InChI=1S/C36H24BrNO4/c37-29-14-5-3-11-25(29)22-16-17-27-26-12-4-6-15-30(26)38(31(27)19-22)23-9-7-8-21(18-23)24-10-1-2-13-28(24)34-32(39)20-33(40)35(41)36(34)42/h1-20,39-42H. The molecule has 6 heteroatoms. The van der Waals surface area contributed by atoms with Crippen molar-refractivity contribution in [2.75, 3.05) is 0 Å². The van der Waals surface area contributed by atoms with E-state index in [0.29, 0.717) is 5.56 Å². The third-order valence-electron chi connectivity index (χ3n) is 7.70. The zero-order valence-electron chi connectivity index (χ0n) is 22.2. The summed E-state index contributed by atoms with van der Waals surface area (Å²) in [5.41, 5.74) is 7.43. The number of aromatic hydroxyl groups is 4. The lowest BCUT2D eigenvalue weighted by atomic mass is 9.93. The Morgan fingerprint density at radius 3 is 1.95 bits per heavy atom. The molecule has 4 N–H and O–H groups in total. The number of nitrogens with zero attached hydrogens (tertiary/aromatic N) is 1. The third kappa shape index (κ3) is 4.07. The molecular weight excluding hydrogens is 590 g/mol. The maximum Gasteiger partial charge on any atom is 0.201 e. The average Bonchev–Trinajstić information content (AvgIpc) is 3.34. The summed E-state index contributed by atoms with van der Waals surface area (Å²) in [6.07, 6.45) is 0. The number of halogens is 1. The molecular formula is C36H24BrNO4. The van der Waals surface area contributed by atoms with Crippen LogP contribution in [0.15, 0.2) is 126 Å². The van der Waals surface area contributed by atoms with Crippen LogP contribution >= 0.6 is 15.9 Å². The van der Waals surface area contributed by atoms with Gasteiger partial charge in [-0.2, -0.15) is 0 Å². The van der Waals surface area contributed by atoms with E-state index in [1.807, 2.05) is 54.6 Å². The molecule has 204 valence electrons. The Balaban J connectivity index is 1.46. The van der Waals surface area contributed by atoms with Crippen LogP contribution in [0.1, 0.15) is 0 Å². The first-order chi connectivity index (χ1) is 20.4. The van der Waals surface area contributed by atoms with Crippen molar-refractivity contribution in [3.63, 3.8) is 0 Å². The van der Waals surface area contributed by atoms with Gasteiger partial charge in [0.1, 0.15) is 5.75 Å². The summed E-state index contributed by atoms with van der Waals surface area (Å²) in [5, 5.41) is 43.7. The topological polar surface area (TPSA) is 85.9 Å². The molecule has 5 nitrogen and oxygen atoms in total. The quantitative estimate of drug-likeness (QED) is 0.118. The predicted molar refractivity (Wildman–Crippen MR) is 171 cm³/mol. The Morgan fingerprint density at radius 2 is 1.14 bits per heavy atom. The molecule has 7 rings (SSSR count). The highest BCUT2D eigenvalue weighted by Crippen LogP contribution is 2.50. The van der Waals surface area contributed by atoms with Crippen LogP contribution in [0.4, 0.5) is 0 Å². The van der Waals surface area contributed by atoms with Crippen molar-refractivity contribution in [2.24, 2.45) is 0 Å². The van der Waals surface area contributed by atoms with Crippen LogP contribution in [0.25, 0.3) is 60.9 Å². The Bertz CT molecular complexity index is 2170. The summed E-state index contributed by atoms with van der Waals surface area (Å²) >= 11 is 3.70. The van der Waals surface area contributed by atoms with Gasteiger partial charge in [-0.15, -0.1) is 0 Å². The second-order valence-electron chi connectivity index (χ2n) is 10.1. The molecule has 0 amide bonds. The molecule has 0 fully saturated rings. The van der Waals surface area contributed by atoms with Crippen molar-refractivity contribution >= 4 is 37.7 Å². The van der Waals surface area contributed by atoms with Gasteiger partial charge in [-0.1, -0.05) is 101 Å². The van der Waals surface area contributed by atoms with E-state index < -0.39 is 17.2 Å². The van der Waals surface area contributed by atoms with Gasteiger partial charge in [0, 0.05) is 27.0 Å². The molecule has 0 bridgehead atoms. The number of phenolic OH excluding ortho intramolecular Hbond substituents is 4. The minimum atomic E-state index is -0.683. The lowest BCUT2D eigenvalue weighted by Gasteiger charge is -2.16. The van der Waals surface area contributed by atoms with Gasteiger partial charge in [0.05, 0.1) is 16.6 Å². The molecule has 0 aliphatic carbocycles. The highest BCUT2D eigenvalue weighted by Gasteiger charge is 2.21. The van der Waals surface area contributed by atoms with Gasteiger partial charge < -0.3 is 25.0 Å². The zero-order chi connectivity index (χ0) is 29.0. The molecule has 0 unspecified atom stereocenters. The largest absolute Gasteiger partial charge is 0.507 e. The molecule has 6 aromatic carbocycles. The van der Waals surface area contributed by atoms with Crippen LogP contribution in [0, 0.1) is 0 Å². The highest BCUT2D eigenvalue weighted by atomic mass is 79.9. The lowest BCUT2D eigenvalue weighted by molar-refractivity contribution is 0.362. The maximum absolute atomic E-state index is 10.7. The number of fused-ring (bicyclic) bond motifs is 3. The molecule has 0 aliphatic heterocycles. The van der Waals surface area contributed by atoms with Gasteiger partial charge >= 0.3 is 0 Å². The molecule has 1 heterocycles. The summed E-state index contributed by atoms with van der Waals surface area (Å²) in [4.78, 5) is 0. The van der Waals surface area contributed by atoms with Gasteiger partial charge in [-0.3, -0.25) is 0 Å². The summed E-state index contributed by atoms with van der Waals surface area (Å²) in [5.74, 6) is -2.20. The van der Waals surface area contributed by atoms with Crippen molar-refractivity contribution < 1.29 is 20.4 Å². The molecule has 1 aromatic heterocycles. The first kappa shape index (κ1) is 25.7. The molecule has 0 aliphatic rings. The Morgan fingerprint density at radius 1 is 0.476 bits per heavy atom. The van der Waals surface area contributed by atoms with E-state index in [-0.39, 0.29) is 11.3 Å². The molecule has 0 saturated carbocycles. The van der Waals surface area contributed by atoms with Crippen molar-refractivity contribution in [3.8, 4) is 62.1 Å². The van der Waals surface area contributed by atoms with Crippen LogP contribution in [0.2, 0.25) is 0 Å². The van der Waals surface area contributed by atoms with E-state index in [9.17, 15) is 20.4 Å². The van der Waals surface area contributed by atoms with Gasteiger partial charge in [0.2, 0.25) is 5.75 Å². The number of para-hydroxylation sites is 1. The number of rotatable bonds is 4. The summed E-state index contributed by atoms with van der Waals surface area (Å²) in [6.45, 7) is 0. The molecule has 0 saturated heterocycles. The summed E-state index contributed by atoms with van der Waals surface area (Å²) in [7, 11) is 0. The first-order valence-corrected chi connectivity index (χ1v) is 14.2. The average molecular weight is 614 g/mol. The molecule has 0 spiro atoms. The number of hydrogen-bond donors (Lipinski definition) is 4. The van der Waals surface area contributed by atoms with E-state index >= 15 is 0 Å². The van der Waals surface area contributed by atoms with E-state index in [4.69, 9.17) is 0 Å².